The van der Waals surface area contributed by atoms with Crippen molar-refractivity contribution in [1.82, 2.24) is 16.2 Å². The average Bonchev–Trinajstić information content (AvgIpc) is 3.07. The molecule has 1 heterocycles. The molecule has 8 heteroatoms. The van der Waals surface area contributed by atoms with Crippen LogP contribution in [0.1, 0.15) is 27.0 Å². The van der Waals surface area contributed by atoms with Crippen molar-refractivity contribution in [2.24, 2.45) is 0 Å². The summed E-state index contributed by atoms with van der Waals surface area (Å²) in [6.07, 6.45) is 0. The highest BCUT2D eigenvalue weighted by atomic mass is 35.5. The molecule has 0 fully saturated rings. The van der Waals surface area contributed by atoms with Gasteiger partial charge >= 0.3 is 0 Å². The smallest absolute Gasteiger partial charge is 0.279 e. The summed E-state index contributed by atoms with van der Waals surface area (Å²) in [6, 6.07) is 8.84. The molecule has 0 saturated heterocycles. The molecule has 3 amide bonds. The number of hydrazine groups is 1. The number of amides is 3. The van der Waals surface area contributed by atoms with Gasteiger partial charge < -0.3 is 5.32 Å². The molecule has 0 aliphatic carbocycles. The zero-order chi connectivity index (χ0) is 16.8. The first kappa shape index (κ1) is 17.0. The second-order valence-electron chi connectivity index (χ2n) is 4.62. The average molecular weight is 352 g/mol. The van der Waals surface area contributed by atoms with Gasteiger partial charge in [-0.1, -0.05) is 17.7 Å². The number of halogens is 1. The molecule has 1 aromatic heterocycles. The van der Waals surface area contributed by atoms with Crippen molar-refractivity contribution in [3.63, 3.8) is 0 Å². The first-order chi connectivity index (χ1) is 11.0. The quantitative estimate of drug-likeness (QED) is 0.736. The predicted octanol–water partition coefficient (Wildman–Crippen LogP) is 1.98. The molecule has 23 heavy (non-hydrogen) atoms. The maximum Gasteiger partial charge on any atom is 0.279 e. The lowest BCUT2D eigenvalue weighted by molar-refractivity contribution is -0.123. The molecule has 1 aromatic carbocycles. The Kier molecular flexibility index (Phi) is 5.72. The van der Waals surface area contributed by atoms with Gasteiger partial charge in [-0.2, -0.15) is 0 Å². The van der Waals surface area contributed by atoms with E-state index in [2.05, 4.69) is 16.2 Å². The second-order valence-corrected chi connectivity index (χ2v) is 6.01. The van der Waals surface area contributed by atoms with Gasteiger partial charge in [0.05, 0.1) is 4.88 Å². The molecule has 0 unspecified atom stereocenters. The van der Waals surface area contributed by atoms with Crippen molar-refractivity contribution in [2.75, 3.05) is 0 Å². The van der Waals surface area contributed by atoms with Gasteiger partial charge in [0.15, 0.2) is 0 Å². The molecular formula is C15H14ClN3O3S. The van der Waals surface area contributed by atoms with Crippen molar-refractivity contribution in [3.8, 4) is 0 Å². The summed E-state index contributed by atoms with van der Waals surface area (Å²) in [7, 11) is 0. The lowest BCUT2D eigenvalue weighted by atomic mass is 10.2. The SMILES string of the molecule is C[C@@H](NC(=O)c1ccc(Cl)cc1)C(=O)NNC(=O)c1cccs1. The minimum absolute atomic E-state index is 0.386. The Morgan fingerprint density at radius 3 is 2.35 bits per heavy atom. The monoisotopic (exact) mass is 351 g/mol. The normalized spacial score (nSPS) is 11.4. The maximum atomic E-state index is 12.0. The molecule has 2 rings (SSSR count). The third-order valence-corrected chi connectivity index (χ3v) is 4.01. The number of carbonyl (C=O) groups is 3. The Morgan fingerprint density at radius 2 is 1.74 bits per heavy atom. The van der Waals surface area contributed by atoms with E-state index in [0.717, 1.165) is 0 Å². The number of carbonyl (C=O) groups excluding carboxylic acids is 3. The topological polar surface area (TPSA) is 87.3 Å². The molecule has 0 aliphatic heterocycles. The highest BCUT2D eigenvalue weighted by Gasteiger charge is 2.17. The minimum Gasteiger partial charge on any atom is -0.340 e. The summed E-state index contributed by atoms with van der Waals surface area (Å²) in [5.41, 5.74) is 4.94. The summed E-state index contributed by atoms with van der Waals surface area (Å²) in [5.74, 6) is -1.35. The summed E-state index contributed by atoms with van der Waals surface area (Å²) >= 11 is 7.01. The minimum atomic E-state index is -0.818. The fourth-order valence-electron chi connectivity index (χ4n) is 1.64. The van der Waals surface area contributed by atoms with Gasteiger partial charge in [-0.05, 0) is 42.6 Å². The van der Waals surface area contributed by atoms with Crippen LogP contribution in [0, 0.1) is 0 Å². The molecule has 6 nitrogen and oxygen atoms in total. The lowest BCUT2D eigenvalue weighted by Crippen LogP contribution is -2.51. The number of nitrogens with one attached hydrogen (secondary N) is 3. The van der Waals surface area contributed by atoms with E-state index in [1.807, 2.05) is 0 Å². The van der Waals surface area contributed by atoms with E-state index in [1.165, 1.54) is 18.3 Å². The first-order valence-corrected chi connectivity index (χ1v) is 7.93. The Morgan fingerprint density at radius 1 is 1.04 bits per heavy atom. The van der Waals surface area contributed by atoms with Crippen LogP contribution in [0.15, 0.2) is 41.8 Å². The molecule has 0 spiro atoms. The van der Waals surface area contributed by atoms with E-state index in [4.69, 9.17) is 11.6 Å². The van der Waals surface area contributed by atoms with Crippen LogP contribution in [0.3, 0.4) is 0 Å². The van der Waals surface area contributed by atoms with E-state index in [9.17, 15) is 14.4 Å². The van der Waals surface area contributed by atoms with Crippen molar-refractivity contribution in [3.05, 3.63) is 57.2 Å². The number of rotatable bonds is 4. The van der Waals surface area contributed by atoms with Crippen molar-refractivity contribution in [2.45, 2.75) is 13.0 Å². The van der Waals surface area contributed by atoms with Crippen molar-refractivity contribution < 1.29 is 14.4 Å². The van der Waals surface area contributed by atoms with Crippen molar-refractivity contribution in [1.29, 1.82) is 0 Å². The summed E-state index contributed by atoms with van der Waals surface area (Å²) in [5, 5.41) is 4.80. The van der Waals surface area contributed by atoms with E-state index in [0.29, 0.717) is 15.5 Å². The van der Waals surface area contributed by atoms with E-state index in [1.54, 1.807) is 41.8 Å². The van der Waals surface area contributed by atoms with Crippen LogP contribution in [0.25, 0.3) is 0 Å². The highest BCUT2D eigenvalue weighted by Crippen LogP contribution is 2.09. The van der Waals surface area contributed by atoms with Crippen LogP contribution >= 0.6 is 22.9 Å². The number of hydrogen-bond donors (Lipinski definition) is 3. The van der Waals surface area contributed by atoms with Gasteiger partial charge in [0.2, 0.25) is 0 Å². The van der Waals surface area contributed by atoms with Gasteiger partial charge in [0.25, 0.3) is 17.7 Å². The zero-order valence-electron chi connectivity index (χ0n) is 12.1. The Bertz CT molecular complexity index is 701. The summed E-state index contributed by atoms with van der Waals surface area (Å²) < 4.78 is 0. The summed E-state index contributed by atoms with van der Waals surface area (Å²) in [6.45, 7) is 1.51. The van der Waals surface area contributed by atoms with Gasteiger partial charge in [-0.15, -0.1) is 11.3 Å². The van der Waals surface area contributed by atoms with Gasteiger partial charge in [0, 0.05) is 10.6 Å². The molecule has 1 atom stereocenters. The third kappa shape index (κ3) is 4.80. The van der Waals surface area contributed by atoms with Crippen LogP contribution in [0.4, 0.5) is 0 Å². The molecule has 0 radical (unpaired) electrons. The molecule has 0 saturated carbocycles. The largest absolute Gasteiger partial charge is 0.340 e. The summed E-state index contributed by atoms with van der Waals surface area (Å²) in [4.78, 5) is 36.0. The van der Waals surface area contributed by atoms with E-state index < -0.39 is 23.8 Å². The van der Waals surface area contributed by atoms with Crippen molar-refractivity contribution >= 4 is 40.7 Å². The molecule has 3 N–H and O–H groups in total. The lowest BCUT2D eigenvalue weighted by Gasteiger charge is -2.14. The number of benzene rings is 1. The maximum absolute atomic E-state index is 12.0. The molecule has 0 aliphatic rings. The van der Waals surface area contributed by atoms with Gasteiger partial charge in [-0.3, -0.25) is 25.2 Å². The Balaban J connectivity index is 1.83. The fourth-order valence-corrected chi connectivity index (χ4v) is 2.39. The standard InChI is InChI=1S/C15H14ClN3O3S/c1-9(17-14(21)10-4-6-11(16)7-5-10)13(20)18-19-15(22)12-3-2-8-23-12/h2-9H,1H3,(H,17,21)(H,18,20)(H,19,22)/t9-/m1/s1. The number of hydrogen-bond acceptors (Lipinski definition) is 4. The molecule has 120 valence electrons. The molecule has 0 bridgehead atoms. The van der Waals surface area contributed by atoms with Gasteiger partial charge in [0.1, 0.15) is 6.04 Å². The zero-order valence-corrected chi connectivity index (χ0v) is 13.7. The van der Waals surface area contributed by atoms with Crippen LogP contribution < -0.4 is 16.2 Å². The van der Waals surface area contributed by atoms with Crippen LogP contribution in [0.5, 0.6) is 0 Å². The van der Waals surface area contributed by atoms with Crippen LogP contribution in [-0.2, 0) is 4.79 Å². The third-order valence-electron chi connectivity index (χ3n) is 2.89. The van der Waals surface area contributed by atoms with E-state index in [-0.39, 0.29) is 0 Å². The fraction of sp³-hybridized carbons (Fsp3) is 0.133. The van der Waals surface area contributed by atoms with Crippen LogP contribution in [-0.4, -0.2) is 23.8 Å². The Labute approximate surface area is 141 Å². The molecule has 2 aromatic rings. The Hall–Kier alpha value is -2.38. The van der Waals surface area contributed by atoms with Crippen LogP contribution in [0.2, 0.25) is 5.02 Å². The predicted molar refractivity (Wildman–Crippen MR) is 88.3 cm³/mol. The van der Waals surface area contributed by atoms with E-state index >= 15 is 0 Å². The van der Waals surface area contributed by atoms with Gasteiger partial charge in [-0.25, -0.2) is 0 Å². The highest BCUT2D eigenvalue weighted by molar-refractivity contribution is 7.12. The number of thiophene rings is 1. The first-order valence-electron chi connectivity index (χ1n) is 6.67. The second kappa shape index (κ2) is 7.75. The molecular weight excluding hydrogens is 338 g/mol.